The zero-order valence-corrected chi connectivity index (χ0v) is 16.4. The van der Waals surface area contributed by atoms with Crippen molar-refractivity contribution in [2.45, 2.75) is 18.7 Å². The molecule has 5 nitrogen and oxygen atoms in total. The molecular weight excluding hydrogens is 378 g/mol. The van der Waals surface area contributed by atoms with Crippen molar-refractivity contribution in [1.82, 2.24) is 4.31 Å². The van der Waals surface area contributed by atoms with Crippen molar-refractivity contribution in [3.63, 3.8) is 0 Å². The van der Waals surface area contributed by atoms with E-state index in [1.165, 1.54) is 4.31 Å². The number of rotatable bonds is 6. The standard InChI is InChI=1S/C17H20ClN3O2S2/c1-3-21(4-2)25(22,23)16-10-6-9-15(12-16)20-17(24)19-14-8-5-7-13(18)11-14/h5-12H,3-4H2,1-2H3,(H2,19,20,24). The molecule has 0 spiro atoms. The predicted octanol–water partition coefficient (Wildman–Crippen LogP) is 4.18. The van der Waals surface area contributed by atoms with Gasteiger partial charge in [-0.15, -0.1) is 0 Å². The number of thiocarbonyl (C=S) groups is 1. The Labute approximate surface area is 159 Å². The molecular formula is C17H20ClN3O2S2. The molecule has 0 aliphatic rings. The summed E-state index contributed by atoms with van der Waals surface area (Å²) < 4.78 is 26.6. The number of anilines is 2. The quantitative estimate of drug-likeness (QED) is 0.716. The number of benzene rings is 2. The van der Waals surface area contributed by atoms with Crippen molar-refractivity contribution < 1.29 is 8.42 Å². The Bertz CT molecular complexity index is 852. The van der Waals surface area contributed by atoms with Gasteiger partial charge in [0.15, 0.2) is 5.11 Å². The summed E-state index contributed by atoms with van der Waals surface area (Å²) in [5, 5.41) is 6.95. The van der Waals surface area contributed by atoms with Gasteiger partial charge in [-0.1, -0.05) is 37.6 Å². The number of hydrogen-bond donors (Lipinski definition) is 2. The van der Waals surface area contributed by atoms with Gasteiger partial charge in [0.25, 0.3) is 0 Å². The van der Waals surface area contributed by atoms with Gasteiger partial charge >= 0.3 is 0 Å². The van der Waals surface area contributed by atoms with E-state index in [1.54, 1.807) is 36.4 Å². The SMILES string of the molecule is CCN(CC)S(=O)(=O)c1cccc(NC(=S)Nc2cccc(Cl)c2)c1. The highest BCUT2D eigenvalue weighted by Gasteiger charge is 2.21. The molecule has 0 radical (unpaired) electrons. The highest BCUT2D eigenvalue weighted by molar-refractivity contribution is 7.89. The van der Waals surface area contributed by atoms with E-state index in [4.69, 9.17) is 23.8 Å². The van der Waals surface area contributed by atoms with Crippen LogP contribution in [0.1, 0.15) is 13.8 Å². The molecule has 8 heteroatoms. The first-order chi connectivity index (χ1) is 11.9. The van der Waals surface area contributed by atoms with Crippen molar-refractivity contribution in [2.75, 3.05) is 23.7 Å². The molecule has 0 aliphatic carbocycles. The van der Waals surface area contributed by atoms with Gasteiger partial charge in [0.1, 0.15) is 0 Å². The number of halogens is 1. The smallest absolute Gasteiger partial charge is 0.243 e. The van der Waals surface area contributed by atoms with Crippen LogP contribution in [0.4, 0.5) is 11.4 Å². The summed E-state index contributed by atoms with van der Waals surface area (Å²) in [5.74, 6) is 0. The van der Waals surface area contributed by atoms with E-state index in [1.807, 2.05) is 26.0 Å². The Morgan fingerprint density at radius 1 is 1.04 bits per heavy atom. The molecule has 2 aromatic carbocycles. The highest BCUT2D eigenvalue weighted by atomic mass is 35.5. The zero-order chi connectivity index (χ0) is 18.4. The third-order valence-electron chi connectivity index (χ3n) is 3.52. The van der Waals surface area contributed by atoms with Crippen molar-refractivity contribution >= 4 is 50.3 Å². The maximum absolute atomic E-state index is 12.6. The predicted molar refractivity (Wildman–Crippen MR) is 108 cm³/mol. The fourth-order valence-electron chi connectivity index (χ4n) is 2.31. The summed E-state index contributed by atoms with van der Waals surface area (Å²) in [6, 6.07) is 13.7. The Morgan fingerprint density at radius 3 is 2.16 bits per heavy atom. The van der Waals surface area contributed by atoms with Crippen LogP contribution in [-0.4, -0.2) is 30.9 Å². The molecule has 2 N–H and O–H groups in total. The van der Waals surface area contributed by atoms with Crippen molar-refractivity contribution in [3.05, 3.63) is 53.6 Å². The van der Waals surface area contributed by atoms with E-state index >= 15 is 0 Å². The molecule has 0 bridgehead atoms. The molecule has 0 saturated carbocycles. The van der Waals surface area contributed by atoms with Crippen molar-refractivity contribution in [1.29, 1.82) is 0 Å². The first-order valence-electron chi connectivity index (χ1n) is 7.80. The number of sulfonamides is 1. The second-order valence-corrected chi connectivity index (χ2v) is 7.99. The largest absolute Gasteiger partial charge is 0.332 e. The van der Waals surface area contributed by atoms with Crippen LogP contribution in [0.2, 0.25) is 5.02 Å². The maximum Gasteiger partial charge on any atom is 0.243 e. The number of hydrogen-bond acceptors (Lipinski definition) is 3. The summed E-state index contributed by atoms with van der Waals surface area (Å²) in [4.78, 5) is 0.228. The van der Waals surface area contributed by atoms with Crippen LogP contribution in [0.25, 0.3) is 0 Å². The highest BCUT2D eigenvalue weighted by Crippen LogP contribution is 2.20. The van der Waals surface area contributed by atoms with E-state index in [-0.39, 0.29) is 4.90 Å². The maximum atomic E-state index is 12.6. The van der Waals surface area contributed by atoms with Crippen molar-refractivity contribution in [3.8, 4) is 0 Å². The molecule has 0 unspecified atom stereocenters. The molecule has 25 heavy (non-hydrogen) atoms. The summed E-state index contributed by atoms with van der Waals surface area (Å²) in [6.07, 6.45) is 0. The lowest BCUT2D eigenvalue weighted by Gasteiger charge is -2.19. The summed E-state index contributed by atoms with van der Waals surface area (Å²) in [5.41, 5.74) is 1.34. The van der Waals surface area contributed by atoms with E-state index in [9.17, 15) is 8.42 Å². The third kappa shape index (κ3) is 5.15. The Kier molecular flexibility index (Phi) is 6.78. The van der Waals surface area contributed by atoms with Gasteiger partial charge in [-0.3, -0.25) is 0 Å². The Hall–Kier alpha value is -1.67. The molecule has 134 valence electrons. The molecule has 0 heterocycles. The fraction of sp³-hybridized carbons (Fsp3) is 0.235. The van der Waals surface area contributed by atoms with Gasteiger partial charge in [0.2, 0.25) is 10.0 Å². The normalized spacial score (nSPS) is 11.4. The van der Waals surface area contributed by atoms with Crippen molar-refractivity contribution in [2.24, 2.45) is 0 Å². The molecule has 0 aliphatic heterocycles. The van der Waals surface area contributed by atoms with Crippen LogP contribution in [-0.2, 0) is 10.0 Å². The van der Waals surface area contributed by atoms with Gasteiger partial charge in [-0.25, -0.2) is 8.42 Å². The monoisotopic (exact) mass is 397 g/mol. The summed E-state index contributed by atoms with van der Waals surface area (Å²) >= 11 is 11.2. The Balaban J connectivity index is 2.15. The first kappa shape index (κ1) is 19.7. The molecule has 2 aromatic rings. The lowest BCUT2D eigenvalue weighted by Crippen LogP contribution is -2.30. The molecule has 0 amide bonds. The minimum Gasteiger partial charge on any atom is -0.332 e. The van der Waals surface area contributed by atoms with Crippen LogP contribution in [0.3, 0.4) is 0 Å². The first-order valence-corrected chi connectivity index (χ1v) is 10.0. The van der Waals surface area contributed by atoms with Crippen LogP contribution in [0, 0.1) is 0 Å². The molecule has 0 atom stereocenters. The average molecular weight is 398 g/mol. The minimum atomic E-state index is -3.51. The Morgan fingerprint density at radius 2 is 1.60 bits per heavy atom. The second-order valence-electron chi connectivity index (χ2n) is 5.21. The van der Waals surface area contributed by atoms with Crippen LogP contribution in [0.5, 0.6) is 0 Å². The molecule has 0 aromatic heterocycles. The van der Waals surface area contributed by atoms with Gasteiger partial charge < -0.3 is 10.6 Å². The minimum absolute atomic E-state index is 0.228. The van der Waals surface area contributed by atoms with Gasteiger partial charge in [0.05, 0.1) is 4.90 Å². The molecule has 2 rings (SSSR count). The average Bonchev–Trinajstić information content (AvgIpc) is 2.56. The number of nitrogens with zero attached hydrogens (tertiary/aromatic N) is 1. The lowest BCUT2D eigenvalue weighted by molar-refractivity contribution is 0.445. The van der Waals surface area contributed by atoms with Gasteiger partial charge in [0, 0.05) is 29.5 Å². The zero-order valence-electron chi connectivity index (χ0n) is 14.0. The molecule has 0 fully saturated rings. The van der Waals surface area contributed by atoms with Gasteiger partial charge in [-0.2, -0.15) is 4.31 Å². The number of nitrogens with one attached hydrogen (secondary N) is 2. The summed E-state index contributed by atoms with van der Waals surface area (Å²) in [7, 11) is -3.51. The molecule has 0 saturated heterocycles. The van der Waals surface area contributed by atoms with E-state index in [2.05, 4.69) is 10.6 Å². The van der Waals surface area contributed by atoms with E-state index < -0.39 is 10.0 Å². The van der Waals surface area contributed by atoms with Crippen LogP contribution < -0.4 is 10.6 Å². The van der Waals surface area contributed by atoms with Crippen LogP contribution >= 0.6 is 23.8 Å². The topological polar surface area (TPSA) is 61.4 Å². The van der Waals surface area contributed by atoms with E-state index in [0.717, 1.165) is 5.69 Å². The summed E-state index contributed by atoms with van der Waals surface area (Å²) in [6.45, 7) is 4.47. The van der Waals surface area contributed by atoms with Gasteiger partial charge in [-0.05, 0) is 48.6 Å². The fourth-order valence-corrected chi connectivity index (χ4v) is 4.24. The second kappa shape index (κ2) is 8.62. The lowest BCUT2D eigenvalue weighted by atomic mass is 10.3. The van der Waals surface area contributed by atoms with E-state index in [0.29, 0.717) is 28.9 Å². The van der Waals surface area contributed by atoms with Crippen LogP contribution in [0.15, 0.2) is 53.4 Å². The third-order valence-corrected chi connectivity index (χ3v) is 6.00.